The van der Waals surface area contributed by atoms with Crippen LogP contribution in [-0.4, -0.2) is 34.9 Å². The number of benzene rings is 2. The molecule has 0 bridgehead atoms. The van der Waals surface area contributed by atoms with E-state index in [-0.39, 0.29) is 0 Å². The summed E-state index contributed by atoms with van der Waals surface area (Å²) >= 11 is 0. The number of ether oxygens (including phenoxy) is 1. The molecule has 0 aliphatic heterocycles. The fourth-order valence-electron chi connectivity index (χ4n) is 2.34. The Kier molecular flexibility index (Phi) is 5.66. The molecule has 0 spiro atoms. The maximum atomic E-state index is 5.85. The number of hydrogen-bond acceptors (Lipinski definition) is 4. The first-order chi connectivity index (χ1) is 13.0. The number of aryl methyl sites for hydroxylation is 1. The molecule has 2 aromatic carbocycles. The van der Waals surface area contributed by atoms with E-state index in [0.29, 0.717) is 18.5 Å². The average Bonchev–Trinajstić information content (AvgIpc) is 2.68. The van der Waals surface area contributed by atoms with Gasteiger partial charge in [0.2, 0.25) is 0 Å². The van der Waals surface area contributed by atoms with Gasteiger partial charge in [-0.1, -0.05) is 29.8 Å². The maximum Gasteiger partial charge on any atom is 0.253 e. The Labute approximate surface area is 159 Å². The van der Waals surface area contributed by atoms with Crippen molar-refractivity contribution >= 4 is 11.9 Å². The summed E-state index contributed by atoms with van der Waals surface area (Å²) in [4.78, 5) is 14.5. The molecule has 1 aromatic heterocycles. The van der Waals surface area contributed by atoms with Crippen LogP contribution in [0, 0.1) is 6.92 Å². The molecule has 3 rings (SSSR count). The van der Waals surface area contributed by atoms with E-state index in [1.165, 1.54) is 5.56 Å². The maximum absolute atomic E-state index is 5.85. The molecule has 0 aliphatic carbocycles. The summed E-state index contributed by atoms with van der Waals surface area (Å²) in [5, 5.41) is 0. The monoisotopic (exact) mass is 361 g/mol. The van der Waals surface area contributed by atoms with Crippen molar-refractivity contribution in [2.24, 2.45) is 10.7 Å². The molecule has 0 aliphatic rings. The molecule has 6 heteroatoms. The Balaban J connectivity index is 1.70. The van der Waals surface area contributed by atoms with Gasteiger partial charge in [-0.05, 0) is 42.8 Å². The van der Waals surface area contributed by atoms with Crippen LogP contribution in [0.15, 0.2) is 65.8 Å². The van der Waals surface area contributed by atoms with Crippen LogP contribution in [0.3, 0.4) is 0 Å². The predicted molar refractivity (Wildman–Crippen MR) is 108 cm³/mol. The van der Waals surface area contributed by atoms with Gasteiger partial charge in [-0.25, -0.2) is 9.97 Å². The number of aromatic nitrogens is 2. The summed E-state index contributed by atoms with van der Waals surface area (Å²) in [6.45, 7) is 2.61. The van der Waals surface area contributed by atoms with Gasteiger partial charge in [-0.2, -0.15) is 4.99 Å². The molecule has 27 heavy (non-hydrogen) atoms. The smallest absolute Gasteiger partial charge is 0.253 e. The van der Waals surface area contributed by atoms with Crippen molar-refractivity contribution < 1.29 is 4.74 Å². The molecule has 0 atom stereocenters. The van der Waals surface area contributed by atoms with E-state index >= 15 is 0 Å². The Morgan fingerprint density at radius 1 is 1.04 bits per heavy atom. The predicted octanol–water partition coefficient (Wildman–Crippen LogP) is 3.54. The third-order valence-electron chi connectivity index (χ3n) is 3.99. The van der Waals surface area contributed by atoms with Crippen LogP contribution in [0.25, 0.3) is 11.3 Å². The van der Waals surface area contributed by atoms with E-state index in [4.69, 9.17) is 10.5 Å². The number of nitrogens with two attached hydrogens (primary N) is 1. The second-order valence-electron chi connectivity index (χ2n) is 6.40. The minimum Gasteiger partial charge on any atom is -0.489 e. The third kappa shape index (κ3) is 5.04. The Morgan fingerprint density at radius 3 is 2.41 bits per heavy atom. The largest absolute Gasteiger partial charge is 0.489 e. The lowest BCUT2D eigenvalue weighted by Gasteiger charge is -2.10. The number of hydrogen-bond donors (Lipinski definition) is 1. The number of nitrogens with zero attached hydrogens (tertiary/aromatic N) is 4. The van der Waals surface area contributed by atoms with Crippen molar-refractivity contribution in [3.63, 3.8) is 0 Å². The second-order valence-corrected chi connectivity index (χ2v) is 6.40. The Bertz CT molecular complexity index is 918. The lowest BCUT2D eigenvalue weighted by molar-refractivity contribution is 0.306. The lowest BCUT2D eigenvalue weighted by Crippen LogP contribution is -2.29. The molecule has 0 amide bonds. The van der Waals surface area contributed by atoms with Crippen molar-refractivity contribution in [3.8, 4) is 17.0 Å². The zero-order valence-corrected chi connectivity index (χ0v) is 15.8. The first-order valence-electron chi connectivity index (χ1n) is 8.64. The van der Waals surface area contributed by atoms with Gasteiger partial charge in [0.05, 0.1) is 5.69 Å². The number of aliphatic imine (C=N–C) groups is 1. The molecule has 1 heterocycles. The molecule has 3 aromatic rings. The average molecular weight is 361 g/mol. The van der Waals surface area contributed by atoms with Crippen molar-refractivity contribution in [2.75, 3.05) is 14.1 Å². The highest BCUT2D eigenvalue weighted by Crippen LogP contribution is 2.22. The zero-order valence-electron chi connectivity index (χ0n) is 15.8. The van der Waals surface area contributed by atoms with Crippen molar-refractivity contribution in [1.29, 1.82) is 0 Å². The number of guanidine groups is 1. The summed E-state index contributed by atoms with van der Waals surface area (Å²) in [6, 6.07) is 18.0. The Morgan fingerprint density at radius 2 is 1.74 bits per heavy atom. The second kappa shape index (κ2) is 8.31. The molecule has 2 N–H and O–H groups in total. The summed E-state index contributed by atoms with van der Waals surface area (Å²) < 4.78 is 5.85. The molecule has 0 fully saturated rings. The van der Waals surface area contributed by atoms with Gasteiger partial charge in [0, 0.05) is 25.9 Å². The van der Waals surface area contributed by atoms with Gasteiger partial charge in [0.1, 0.15) is 12.4 Å². The molecule has 6 nitrogen and oxygen atoms in total. The van der Waals surface area contributed by atoms with E-state index in [0.717, 1.165) is 22.6 Å². The quantitative estimate of drug-likeness (QED) is 0.556. The highest BCUT2D eigenvalue weighted by Gasteiger charge is 2.04. The molecule has 138 valence electrons. The number of rotatable bonds is 5. The minimum atomic E-state index is 0.332. The van der Waals surface area contributed by atoms with Gasteiger partial charge in [-0.3, -0.25) is 0 Å². The molecule has 0 saturated heterocycles. The summed E-state index contributed by atoms with van der Waals surface area (Å²) in [5.74, 6) is 1.49. The summed E-state index contributed by atoms with van der Waals surface area (Å²) in [5.41, 5.74) is 9.94. The van der Waals surface area contributed by atoms with Gasteiger partial charge < -0.3 is 15.4 Å². The molecular weight excluding hydrogens is 338 g/mol. The van der Waals surface area contributed by atoms with Crippen LogP contribution in [0.4, 0.5) is 5.95 Å². The van der Waals surface area contributed by atoms with Crippen LogP contribution in [0.2, 0.25) is 0 Å². The standard InChI is InChI=1S/C21H23N5O/c1-15-4-6-16(7-5-15)14-27-18-10-8-17(9-11-18)19-12-13-23-21(24-19)25-20(22)26(2)3/h4-13H,14H2,1-3H3,(H2,22,23,24,25). The SMILES string of the molecule is Cc1ccc(COc2ccc(-c3ccnc(/N=C(/N)N(C)C)n3)cc2)cc1. The van der Waals surface area contributed by atoms with Gasteiger partial charge in [-0.15, -0.1) is 0 Å². The van der Waals surface area contributed by atoms with Crippen molar-refractivity contribution in [1.82, 2.24) is 14.9 Å². The van der Waals surface area contributed by atoms with E-state index in [2.05, 4.69) is 46.1 Å². The highest BCUT2D eigenvalue weighted by atomic mass is 16.5. The lowest BCUT2D eigenvalue weighted by atomic mass is 10.1. The van der Waals surface area contributed by atoms with Gasteiger partial charge >= 0.3 is 0 Å². The van der Waals surface area contributed by atoms with Crippen LogP contribution in [0.5, 0.6) is 5.75 Å². The van der Waals surface area contributed by atoms with E-state index in [1.807, 2.05) is 44.4 Å². The van der Waals surface area contributed by atoms with Crippen LogP contribution in [0.1, 0.15) is 11.1 Å². The van der Waals surface area contributed by atoms with Crippen LogP contribution < -0.4 is 10.5 Å². The third-order valence-corrected chi connectivity index (χ3v) is 3.99. The highest BCUT2D eigenvalue weighted by molar-refractivity contribution is 5.79. The summed E-state index contributed by atoms with van der Waals surface area (Å²) in [7, 11) is 3.63. The topological polar surface area (TPSA) is 76.6 Å². The minimum absolute atomic E-state index is 0.332. The van der Waals surface area contributed by atoms with Gasteiger partial charge in [0.25, 0.3) is 5.95 Å². The molecular formula is C21H23N5O. The first kappa shape index (κ1) is 18.4. The van der Waals surface area contributed by atoms with E-state index in [9.17, 15) is 0 Å². The van der Waals surface area contributed by atoms with Crippen LogP contribution in [-0.2, 0) is 6.61 Å². The normalized spacial score (nSPS) is 11.3. The fraction of sp³-hybridized carbons (Fsp3) is 0.190. The first-order valence-corrected chi connectivity index (χ1v) is 8.64. The Hall–Kier alpha value is -3.41. The van der Waals surface area contributed by atoms with Crippen LogP contribution >= 0.6 is 0 Å². The van der Waals surface area contributed by atoms with Gasteiger partial charge in [0.15, 0.2) is 5.96 Å². The molecule has 0 unspecified atom stereocenters. The van der Waals surface area contributed by atoms with E-state index in [1.54, 1.807) is 11.1 Å². The molecule has 0 saturated carbocycles. The zero-order chi connectivity index (χ0) is 19.2. The van der Waals surface area contributed by atoms with E-state index < -0.39 is 0 Å². The summed E-state index contributed by atoms with van der Waals surface area (Å²) in [6.07, 6.45) is 1.67. The van der Waals surface area contributed by atoms with Crippen molar-refractivity contribution in [2.45, 2.75) is 13.5 Å². The molecule has 0 radical (unpaired) electrons. The van der Waals surface area contributed by atoms with Crippen molar-refractivity contribution in [3.05, 3.63) is 71.9 Å². The fourth-order valence-corrected chi connectivity index (χ4v) is 2.34.